The number of anilines is 1. The minimum absolute atomic E-state index is 0.199. The highest BCUT2D eigenvalue weighted by atomic mass is 35.5. The molecule has 0 unspecified atom stereocenters. The van der Waals surface area contributed by atoms with Crippen LogP contribution in [0.4, 0.5) is 5.69 Å². The molecule has 0 bridgehead atoms. The molecule has 2 N–H and O–H groups in total. The Hall–Kier alpha value is -1.42. The van der Waals surface area contributed by atoms with Gasteiger partial charge in [0.2, 0.25) is 0 Å². The quantitative estimate of drug-likeness (QED) is 0.657. The Kier molecular flexibility index (Phi) is 7.03. The summed E-state index contributed by atoms with van der Waals surface area (Å²) in [7, 11) is 0. The first-order valence-corrected chi connectivity index (χ1v) is 8.45. The van der Waals surface area contributed by atoms with E-state index in [0.29, 0.717) is 10.0 Å². The van der Waals surface area contributed by atoms with Crippen LogP contribution >= 0.6 is 23.2 Å². The Morgan fingerprint density at radius 3 is 2.39 bits per heavy atom. The van der Waals surface area contributed by atoms with Crippen molar-refractivity contribution in [3.63, 3.8) is 0 Å². The highest BCUT2D eigenvalue weighted by Crippen LogP contribution is 2.24. The lowest BCUT2D eigenvalue weighted by Crippen LogP contribution is -2.21. The standard InChI is InChI=1S/C18H22Cl2N2O/c1-13(2)23-16-6-3-14(4-7-16)12-21-9-10-22-18-8-5-15(19)11-17(18)20/h3-8,11,13,21-22H,9-10,12H2,1-2H3. The molecule has 0 saturated heterocycles. The van der Waals surface area contributed by atoms with Crippen molar-refractivity contribution >= 4 is 28.9 Å². The van der Waals surface area contributed by atoms with Gasteiger partial charge in [0.15, 0.2) is 0 Å². The summed E-state index contributed by atoms with van der Waals surface area (Å²) in [5.41, 5.74) is 2.12. The first-order valence-electron chi connectivity index (χ1n) is 7.70. The highest BCUT2D eigenvalue weighted by molar-refractivity contribution is 6.36. The van der Waals surface area contributed by atoms with E-state index in [1.165, 1.54) is 5.56 Å². The Morgan fingerprint density at radius 1 is 1.00 bits per heavy atom. The number of halogens is 2. The number of ether oxygens (including phenoxy) is 1. The molecule has 2 rings (SSSR count). The molecule has 0 aliphatic heterocycles. The summed E-state index contributed by atoms with van der Waals surface area (Å²) in [6.07, 6.45) is 0.199. The van der Waals surface area contributed by atoms with Crippen LogP contribution in [0.2, 0.25) is 10.0 Å². The van der Waals surface area contributed by atoms with Gasteiger partial charge in [-0.1, -0.05) is 35.3 Å². The maximum atomic E-state index is 6.11. The first-order chi connectivity index (χ1) is 11.0. The zero-order valence-corrected chi connectivity index (χ0v) is 14.9. The number of benzene rings is 2. The average molecular weight is 353 g/mol. The van der Waals surface area contributed by atoms with Crippen molar-refractivity contribution in [3.05, 3.63) is 58.1 Å². The third kappa shape index (κ3) is 6.30. The van der Waals surface area contributed by atoms with E-state index < -0.39 is 0 Å². The van der Waals surface area contributed by atoms with Crippen molar-refractivity contribution in [1.82, 2.24) is 5.32 Å². The first kappa shape index (κ1) is 17.9. The van der Waals surface area contributed by atoms with Gasteiger partial charge in [0.1, 0.15) is 5.75 Å². The normalized spacial score (nSPS) is 10.8. The SMILES string of the molecule is CC(C)Oc1ccc(CNCCNc2ccc(Cl)cc2Cl)cc1. The maximum absolute atomic E-state index is 6.11. The van der Waals surface area contributed by atoms with Crippen molar-refractivity contribution in [3.8, 4) is 5.75 Å². The molecular formula is C18H22Cl2N2O. The molecule has 3 nitrogen and oxygen atoms in total. The van der Waals surface area contributed by atoms with Gasteiger partial charge in [-0.15, -0.1) is 0 Å². The molecule has 0 radical (unpaired) electrons. The van der Waals surface area contributed by atoms with Crippen LogP contribution in [0, 0.1) is 0 Å². The molecule has 5 heteroatoms. The second-order valence-corrected chi connectivity index (χ2v) is 6.38. The largest absolute Gasteiger partial charge is 0.491 e. The lowest BCUT2D eigenvalue weighted by atomic mass is 10.2. The molecule has 2 aromatic rings. The van der Waals surface area contributed by atoms with Crippen molar-refractivity contribution in [2.45, 2.75) is 26.5 Å². The van der Waals surface area contributed by atoms with Crippen molar-refractivity contribution in [1.29, 1.82) is 0 Å². The van der Waals surface area contributed by atoms with Gasteiger partial charge >= 0.3 is 0 Å². The smallest absolute Gasteiger partial charge is 0.119 e. The third-order valence-corrected chi connectivity index (χ3v) is 3.72. The Labute approximate surface area is 147 Å². The fourth-order valence-corrected chi connectivity index (χ4v) is 2.58. The molecule has 0 fully saturated rings. The number of hydrogen-bond acceptors (Lipinski definition) is 3. The molecule has 0 atom stereocenters. The molecule has 0 spiro atoms. The fourth-order valence-electron chi connectivity index (χ4n) is 2.11. The average Bonchev–Trinajstić information content (AvgIpc) is 2.50. The number of rotatable bonds is 8. The number of nitrogens with one attached hydrogen (secondary N) is 2. The zero-order valence-electron chi connectivity index (χ0n) is 13.4. The Bertz CT molecular complexity index is 615. The van der Waals surface area contributed by atoms with Gasteiger partial charge in [0, 0.05) is 24.7 Å². The van der Waals surface area contributed by atoms with Crippen LogP contribution in [0.3, 0.4) is 0 Å². The van der Waals surface area contributed by atoms with Crippen LogP contribution in [0.15, 0.2) is 42.5 Å². The zero-order chi connectivity index (χ0) is 16.7. The van der Waals surface area contributed by atoms with Gasteiger partial charge < -0.3 is 15.4 Å². The topological polar surface area (TPSA) is 33.3 Å². The molecule has 0 aliphatic rings. The summed E-state index contributed by atoms with van der Waals surface area (Å²) >= 11 is 12.0. The van der Waals surface area contributed by atoms with E-state index in [2.05, 4.69) is 22.8 Å². The highest BCUT2D eigenvalue weighted by Gasteiger charge is 2.01. The molecule has 124 valence electrons. The summed E-state index contributed by atoms with van der Waals surface area (Å²) in [5.74, 6) is 0.905. The van der Waals surface area contributed by atoms with Gasteiger partial charge in [-0.25, -0.2) is 0 Å². The monoisotopic (exact) mass is 352 g/mol. The van der Waals surface area contributed by atoms with Crippen LogP contribution in [0.5, 0.6) is 5.75 Å². The van der Waals surface area contributed by atoms with E-state index in [9.17, 15) is 0 Å². The molecule has 0 aromatic heterocycles. The van der Waals surface area contributed by atoms with Crippen LogP contribution < -0.4 is 15.4 Å². The molecule has 0 amide bonds. The van der Waals surface area contributed by atoms with Crippen molar-refractivity contribution in [2.24, 2.45) is 0 Å². The fraction of sp³-hybridized carbons (Fsp3) is 0.333. The second-order valence-electron chi connectivity index (χ2n) is 5.54. The van der Waals surface area contributed by atoms with Gasteiger partial charge in [0.05, 0.1) is 16.8 Å². The predicted octanol–water partition coefficient (Wildman–Crippen LogP) is 4.98. The predicted molar refractivity (Wildman–Crippen MR) is 98.9 cm³/mol. The van der Waals surface area contributed by atoms with Crippen LogP contribution in [-0.2, 0) is 6.54 Å². The second kappa shape index (κ2) is 9.02. The molecule has 2 aromatic carbocycles. The molecule has 0 heterocycles. The summed E-state index contributed by atoms with van der Waals surface area (Å²) in [6.45, 7) is 6.49. The van der Waals surface area contributed by atoms with Gasteiger partial charge in [-0.2, -0.15) is 0 Å². The van der Waals surface area contributed by atoms with E-state index in [1.54, 1.807) is 6.07 Å². The minimum Gasteiger partial charge on any atom is -0.491 e. The third-order valence-electron chi connectivity index (χ3n) is 3.17. The van der Waals surface area contributed by atoms with Gasteiger partial charge in [-0.3, -0.25) is 0 Å². The summed E-state index contributed by atoms with van der Waals surface area (Å²) in [6, 6.07) is 13.6. The molecule has 23 heavy (non-hydrogen) atoms. The Morgan fingerprint density at radius 2 is 1.74 bits per heavy atom. The van der Waals surface area contributed by atoms with Crippen LogP contribution in [0.1, 0.15) is 19.4 Å². The van der Waals surface area contributed by atoms with E-state index in [4.69, 9.17) is 27.9 Å². The van der Waals surface area contributed by atoms with E-state index in [1.807, 2.05) is 38.1 Å². The summed E-state index contributed by atoms with van der Waals surface area (Å²) in [4.78, 5) is 0. The molecule has 0 saturated carbocycles. The van der Waals surface area contributed by atoms with E-state index in [-0.39, 0.29) is 6.10 Å². The maximum Gasteiger partial charge on any atom is 0.119 e. The van der Waals surface area contributed by atoms with Gasteiger partial charge in [0.25, 0.3) is 0 Å². The molecule has 0 aliphatic carbocycles. The Balaban J connectivity index is 1.69. The molecular weight excluding hydrogens is 331 g/mol. The minimum atomic E-state index is 0.199. The lowest BCUT2D eigenvalue weighted by Gasteiger charge is -2.11. The van der Waals surface area contributed by atoms with Crippen molar-refractivity contribution in [2.75, 3.05) is 18.4 Å². The van der Waals surface area contributed by atoms with Crippen molar-refractivity contribution < 1.29 is 4.74 Å². The van der Waals surface area contributed by atoms with Crippen LogP contribution in [0.25, 0.3) is 0 Å². The van der Waals surface area contributed by atoms with E-state index >= 15 is 0 Å². The lowest BCUT2D eigenvalue weighted by molar-refractivity contribution is 0.242. The summed E-state index contributed by atoms with van der Waals surface area (Å²) in [5, 5.41) is 7.95. The van der Waals surface area contributed by atoms with Gasteiger partial charge in [-0.05, 0) is 49.7 Å². The summed E-state index contributed by atoms with van der Waals surface area (Å²) < 4.78 is 5.63. The van der Waals surface area contributed by atoms with Crippen LogP contribution in [-0.4, -0.2) is 19.2 Å². The number of hydrogen-bond donors (Lipinski definition) is 2. The van der Waals surface area contributed by atoms with E-state index in [0.717, 1.165) is 31.1 Å².